The van der Waals surface area contributed by atoms with E-state index in [1.54, 1.807) is 21.1 Å². The molecule has 15 nitrogen and oxygen atoms in total. The second-order valence-corrected chi connectivity index (χ2v) is 11.3. The van der Waals surface area contributed by atoms with Gasteiger partial charge in [-0.2, -0.15) is 0 Å². The van der Waals surface area contributed by atoms with Crippen molar-refractivity contribution in [2.75, 3.05) is 34.0 Å². The maximum atomic E-state index is 12.8. The summed E-state index contributed by atoms with van der Waals surface area (Å²) in [5.74, 6) is 0.667. The first-order valence-electron chi connectivity index (χ1n) is 15.4. The number of hydrogen-bond donors (Lipinski definition) is 4. The molecular formula is C34H39N2O13P. The molecule has 1 aliphatic rings. The molecule has 1 fully saturated rings. The minimum atomic E-state index is -3.13. The van der Waals surface area contributed by atoms with Crippen LogP contribution in [0.15, 0.2) is 101 Å². The summed E-state index contributed by atoms with van der Waals surface area (Å²) in [7, 11) is 0.0426. The molecule has 5 rings (SSSR count). The van der Waals surface area contributed by atoms with Gasteiger partial charge in [0.1, 0.15) is 42.0 Å². The lowest BCUT2D eigenvalue weighted by molar-refractivity contribution is -0.155. The van der Waals surface area contributed by atoms with Crippen molar-refractivity contribution in [3.63, 3.8) is 0 Å². The molecule has 2 heterocycles. The van der Waals surface area contributed by atoms with Gasteiger partial charge in [0.15, 0.2) is 6.23 Å². The summed E-state index contributed by atoms with van der Waals surface area (Å²) in [5.41, 5.74) is -0.263. The Hall–Kier alpha value is -4.60. The van der Waals surface area contributed by atoms with Crippen molar-refractivity contribution >= 4 is 14.2 Å². The number of benzene rings is 3. The molecule has 0 aliphatic carbocycles. The van der Waals surface area contributed by atoms with Gasteiger partial charge in [0.05, 0.1) is 27.4 Å². The second-order valence-electron chi connectivity index (χ2n) is 10.8. The Morgan fingerprint density at radius 1 is 0.900 bits per heavy atom. The maximum absolute atomic E-state index is 12.8. The fraction of sp³-hybridized carbons (Fsp3) is 0.324. The van der Waals surface area contributed by atoms with Gasteiger partial charge in [-0.05, 0) is 47.9 Å². The number of aromatic nitrogens is 2. The molecule has 4 atom stereocenters. The SMILES string of the molecule is CCOC(=O)COC1C(O)[C@H](COC(c2ccccc2)(c2ccc(OC)cc2)c2ccc(OC)cc2)O[C@@H]1n1ccc(=O)[nH]c1=O.O=[PH](O)O. The van der Waals surface area contributed by atoms with Gasteiger partial charge in [-0.3, -0.25) is 18.9 Å². The highest BCUT2D eigenvalue weighted by Gasteiger charge is 2.48. The van der Waals surface area contributed by atoms with Gasteiger partial charge in [0.2, 0.25) is 0 Å². The Bertz CT molecular complexity index is 1760. The van der Waals surface area contributed by atoms with E-state index in [0.717, 1.165) is 27.3 Å². The van der Waals surface area contributed by atoms with E-state index in [4.69, 9.17) is 42.8 Å². The predicted octanol–water partition coefficient (Wildman–Crippen LogP) is 2.13. The smallest absolute Gasteiger partial charge is 0.332 e. The van der Waals surface area contributed by atoms with E-state index in [1.807, 2.05) is 78.9 Å². The topological polar surface area (TPSA) is 205 Å². The lowest BCUT2D eigenvalue weighted by Gasteiger charge is -2.37. The predicted molar refractivity (Wildman–Crippen MR) is 179 cm³/mol. The molecule has 268 valence electrons. The third kappa shape index (κ3) is 9.14. The number of hydrogen-bond acceptors (Lipinski definition) is 11. The number of esters is 1. The number of aromatic amines is 1. The van der Waals surface area contributed by atoms with Crippen molar-refractivity contribution in [2.24, 2.45) is 0 Å². The number of nitrogens with one attached hydrogen (secondary N) is 1. The number of carbonyl (C=O) groups excluding carboxylic acids is 1. The molecule has 4 aromatic rings. The lowest BCUT2D eigenvalue weighted by atomic mass is 9.80. The summed E-state index contributed by atoms with van der Waals surface area (Å²) in [6.45, 7) is 1.13. The second kappa shape index (κ2) is 17.9. The van der Waals surface area contributed by atoms with E-state index >= 15 is 0 Å². The molecule has 1 saturated heterocycles. The highest BCUT2D eigenvalue weighted by atomic mass is 31.1. The van der Waals surface area contributed by atoms with Gasteiger partial charge >= 0.3 is 19.9 Å². The Morgan fingerprint density at radius 2 is 1.44 bits per heavy atom. The molecule has 50 heavy (non-hydrogen) atoms. The van der Waals surface area contributed by atoms with Crippen LogP contribution in [0.4, 0.5) is 0 Å². The maximum Gasteiger partial charge on any atom is 0.332 e. The lowest BCUT2D eigenvalue weighted by Crippen LogP contribution is -2.41. The van der Waals surface area contributed by atoms with Crippen molar-refractivity contribution in [1.29, 1.82) is 0 Å². The van der Waals surface area contributed by atoms with Crippen LogP contribution in [0, 0.1) is 0 Å². The fourth-order valence-electron chi connectivity index (χ4n) is 5.54. The van der Waals surface area contributed by atoms with Crippen LogP contribution in [-0.2, 0) is 33.9 Å². The number of ether oxygens (including phenoxy) is 6. The van der Waals surface area contributed by atoms with Crippen molar-refractivity contribution in [3.05, 3.63) is 129 Å². The molecule has 2 unspecified atom stereocenters. The number of methoxy groups -OCH3 is 2. The zero-order valence-electron chi connectivity index (χ0n) is 27.5. The summed E-state index contributed by atoms with van der Waals surface area (Å²) in [4.78, 5) is 53.1. The van der Waals surface area contributed by atoms with Gasteiger partial charge in [-0.25, -0.2) is 9.59 Å². The average Bonchev–Trinajstić information content (AvgIpc) is 3.42. The largest absolute Gasteiger partial charge is 0.497 e. The molecule has 0 bridgehead atoms. The molecule has 1 aromatic heterocycles. The Labute approximate surface area is 287 Å². The molecular weight excluding hydrogens is 675 g/mol. The number of nitrogens with zero attached hydrogens (tertiary/aromatic N) is 1. The van der Waals surface area contributed by atoms with Crippen LogP contribution in [-0.4, -0.2) is 82.8 Å². The van der Waals surface area contributed by atoms with Crippen LogP contribution in [0.5, 0.6) is 11.5 Å². The minimum absolute atomic E-state index is 0.142. The summed E-state index contributed by atoms with van der Waals surface area (Å²) in [6.07, 6.45) is -3.52. The van der Waals surface area contributed by atoms with E-state index < -0.39 is 62.2 Å². The molecule has 16 heteroatoms. The number of H-pyrrole nitrogens is 1. The zero-order chi connectivity index (χ0) is 36.3. The molecule has 0 radical (unpaired) electrons. The standard InChI is InChI=1S/C34H36N2O10.H3O3P/c1-4-43-29(38)21-44-31-30(39)27(46-32(31)36-19-18-28(37)35-33(36)40)20-45-34(22-8-6-5-7-9-22,23-10-14-25(41-2)15-11-23)24-12-16-26(42-3)17-13-24;1-4(2)3/h5-19,27,30-32,39H,4,20-21H2,1-3H3,(H,35,37,40);4H,(H2,1,2,3)/t27-,30?,31?,32-;/m0./s1. The molecule has 0 saturated carbocycles. The Balaban J connectivity index is 0.00000133. The minimum Gasteiger partial charge on any atom is -0.497 e. The monoisotopic (exact) mass is 714 g/mol. The van der Waals surface area contributed by atoms with Gasteiger partial charge in [-0.15, -0.1) is 0 Å². The van der Waals surface area contributed by atoms with Crippen LogP contribution < -0.4 is 20.7 Å². The average molecular weight is 715 g/mol. The van der Waals surface area contributed by atoms with Crippen molar-refractivity contribution in [2.45, 2.75) is 37.1 Å². The summed E-state index contributed by atoms with van der Waals surface area (Å²) in [5, 5.41) is 11.5. The quantitative estimate of drug-likeness (QED) is 0.0891. The van der Waals surface area contributed by atoms with E-state index in [-0.39, 0.29) is 13.2 Å². The summed E-state index contributed by atoms with van der Waals surface area (Å²) in [6, 6.07) is 25.7. The number of carbonyl (C=O) groups is 1. The third-order valence-corrected chi connectivity index (χ3v) is 7.77. The molecule has 3 aromatic carbocycles. The van der Waals surface area contributed by atoms with Gasteiger partial charge in [0.25, 0.3) is 5.56 Å². The number of aliphatic hydroxyl groups excluding tert-OH is 1. The highest BCUT2D eigenvalue weighted by Crippen LogP contribution is 2.43. The van der Waals surface area contributed by atoms with Gasteiger partial charge < -0.3 is 43.3 Å². The first-order valence-corrected chi connectivity index (χ1v) is 16.7. The van der Waals surface area contributed by atoms with Crippen molar-refractivity contribution < 1.29 is 52.7 Å². The van der Waals surface area contributed by atoms with Gasteiger partial charge in [0, 0.05) is 12.3 Å². The van der Waals surface area contributed by atoms with Crippen LogP contribution in [0.3, 0.4) is 0 Å². The molecule has 1 aliphatic heterocycles. The van der Waals surface area contributed by atoms with Crippen molar-refractivity contribution in [1.82, 2.24) is 9.55 Å². The molecule has 0 spiro atoms. The summed E-state index contributed by atoms with van der Waals surface area (Å²) < 4.78 is 44.5. The third-order valence-electron chi connectivity index (χ3n) is 7.77. The molecule has 4 N–H and O–H groups in total. The molecule has 0 amide bonds. The Kier molecular flexibility index (Phi) is 13.7. The first-order chi connectivity index (χ1) is 24.0. The van der Waals surface area contributed by atoms with Crippen molar-refractivity contribution in [3.8, 4) is 11.5 Å². The van der Waals surface area contributed by atoms with Crippen LogP contribution in [0.1, 0.15) is 29.8 Å². The highest BCUT2D eigenvalue weighted by molar-refractivity contribution is 7.30. The van der Waals surface area contributed by atoms with E-state index in [0.29, 0.717) is 11.5 Å². The van der Waals surface area contributed by atoms with E-state index in [2.05, 4.69) is 4.98 Å². The zero-order valence-corrected chi connectivity index (χ0v) is 28.5. The van der Waals surface area contributed by atoms with Crippen LogP contribution in [0.2, 0.25) is 0 Å². The van der Waals surface area contributed by atoms with Crippen LogP contribution >= 0.6 is 8.25 Å². The van der Waals surface area contributed by atoms with E-state index in [1.165, 1.54) is 6.20 Å². The van der Waals surface area contributed by atoms with E-state index in [9.17, 15) is 19.5 Å². The summed E-state index contributed by atoms with van der Waals surface area (Å²) >= 11 is 0. The fourth-order valence-corrected chi connectivity index (χ4v) is 5.54. The number of rotatable bonds is 13. The number of aliphatic hydroxyl groups is 1. The van der Waals surface area contributed by atoms with Gasteiger partial charge in [-0.1, -0.05) is 54.6 Å². The normalized spacial score (nSPS) is 18.6. The Morgan fingerprint density at radius 3 is 1.94 bits per heavy atom. The van der Waals surface area contributed by atoms with Crippen LogP contribution in [0.25, 0.3) is 0 Å². The first kappa shape index (κ1) is 38.2.